The molecule has 0 aliphatic heterocycles. The molecule has 1 aromatic carbocycles. The van der Waals surface area contributed by atoms with Gasteiger partial charge in [-0.3, -0.25) is 0 Å². The van der Waals surface area contributed by atoms with E-state index >= 15 is 0 Å². The van der Waals surface area contributed by atoms with Crippen LogP contribution < -0.4 is 0 Å². The van der Waals surface area contributed by atoms with E-state index in [0.717, 1.165) is 25.0 Å². The van der Waals surface area contributed by atoms with E-state index in [1.807, 2.05) is 6.07 Å². The Morgan fingerprint density at radius 1 is 1.39 bits per heavy atom. The quantitative estimate of drug-likeness (QED) is 0.792. The molecule has 3 rings (SSSR count). The smallest absolute Gasteiger partial charge is 0.338 e. The van der Waals surface area contributed by atoms with Crippen LogP contribution in [0.25, 0.3) is 10.9 Å². The number of carbonyl (C=O) groups is 1. The first-order valence-electron chi connectivity index (χ1n) is 8.28. The maximum absolute atomic E-state index is 14.4. The lowest BCUT2D eigenvalue weighted by Gasteiger charge is -2.27. The van der Waals surface area contributed by atoms with E-state index in [9.17, 15) is 9.18 Å². The highest BCUT2D eigenvalue weighted by atomic mass is 19.1. The van der Waals surface area contributed by atoms with E-state index in [1.165, 1.54) is 11.6 Å². The molecule has 3 nitrogen and oxygen atoms in total. The Morgan fingerprint density at radius 3 is 2.87 bits per heavy atom. The Bertz CT molecular complexity index is 755. The summed E-state index contributed by atoms with van der Waals surface area (Å²) in [7, 11) is 0. The molecule has 1 aliphatic carbocycles. The number of esters is 1. The van der Waals surface area contributed by atoms with Crippen molar-refractivity contribution in [2.45, 2.75) is 40.0 Å². The fourth-order valence-corrected chi connectivity index (χ4v) is 3.33. The van der Waals surface area contributed by atoms with Crippen LogP contribution in [0.4, 0.5) is 4.39 Å². The lowest BCUT2D eigenvalue weighted by Crippen LogP contribution is -2.20. The van der Waals surface area contributed by atoms with E-state index in [0.29, 0.717) is 22.7 Å². The number of ether oxygens (including phenoxy) is 1. The lowest BCUT2D eigenvalue weighted by molar-refractivity contribution is 0.0526. The van der Waals surface area contributed by atoms with Crippen LogP contribution >= 0.6 is 0 Å². The predicted octanol–water partition coefficient (Wildman–Crippen LogP) is 4.31. The molecule has 0 radical (unpaired) electrons. The summed E-state index contributed by atoms with van der Waals surface area (Å²) in [6.45, 7) is 6.49. The first-order chi connectivity index (χ1) is 11.0. The van der Waals surface area contributed by atoms with Crippen molar-refractivity contribution < 1.29 is 13.9 Å². The number of hydrogen-bond acceptors (Lipinski definition) is 3. The third kappa shape index (κ3) is 3.07. The highest BCUT2D eigenvalue weighted by Crippen LogP contribution is 2.32. The number of pyridine rings is 1. The Morgan fingerprint density at radius 2 is 2.17 bits per heavy atom. The largest absolute Gasteiger partial charge is 0.462 e. The number of aryl methyl sites for hydroxylation is 1. The number of hydrogen-bond donors (Lipinski definition) is 0. The van der Waals surface area contributed by atoms with Gasteiger partial charge in [0.1, 0.15) is 11.3 Å². The Kier molecular flexibility index (Phi) is 4.33. The molecule has 0 spiro atoms. The van der Waals surface area contributed by atoms with Gasteiger partial charge in [-0.15, -0.1) is 0 Å². The summed E-state index contributed by atoms with van der Waals surface area (Å²) in [5.41, 5.74) is 2.77. The van der Waals surface area contributed by atoms with E-state index in [1.54, 1.807) is 13.0 Å². The molecule has 1 atom stereocenters. The van der Waals surface area contributed by atoms with Crippen LogP contribution in [-0.2, 0) is 17.6 Å². The molecule has 2 aromatic rings. The first kappa shape index (κ1) is 15.9. The maximum Gasteiger partial charge on any atom is 0.338 e. The molecular formula is C19H22FNO2. The molecule has 23 heavy (non-hydrogen) atoms. The van der Waals surface area contributed by atoms with Gasteiger partial charge < -0.3 is 4.74 Å². The zero-order chi connectivity index (χ0) is 16.6. The molecule has 0 fully saturated rings. The highest BCUT2D eigenvalue weighted by molar-refractivity contribution is 5.94. The van der Waals surface area contributed by atoms with Gasteiger partial charge in [0, 0.05) is 11.1 Å². The van der Waals surface area contributed by atoms with Crippen LogP contribution in [0.3, 0.4) is 0 Å². The van der Waals surface area contributed by atoms with Crippen LogP contribution in [-0.4, -0.2) is 17.6 Å². The Labute approximate surface area is 135 Å². The molecule has 0 saturated carbocycles. The van der Waals surface area contributed by atoms with Gasteiger partial charge in [0.15, 0.2) is 0 Å². The van der Waals surface area contributed by atoms with E-state index in [4.69, 9.17) is 4.74 Å². The monoisotopic (exact) mass is 315 g/mol. The summed E-state index contributed by atoms with van der Waals surface area (Å²) in [5, 5.41) is 0.677. The number of benzene rings is 1. The van der Waals surface area contributed by atoms with Crippen molar-refractivity contribution in [2.24, 2.45) is 11.8 Å². The van der Waals surface area contributed by atoms with Crippen molar-refractivity contribution in [1.29, 1.82) is 0 Å². The second-order valence-electron chi connectivity index (χ2n) is 6.59. The fourth-order valence-electron chi connectivity index (χ4n) is 3.33. The predicted molar refractivity (Wildman–Crippen MR) is 88.0 cm³/mol. The molecule has 122 valence electrons. The topological polar surface area (TPSA) is 39.2 Å². The highest BCUT2D eigenvalue weighted by Gasteiger charge is 2.23. The van der Waals surface area contributed by atoms with Crippen LogP contribution in [0, 0.1) is 17.7 Å². The second-order valence-corrected chi connectivity index (χ2v) is 6.59. The molecular weight excluding hydrogens is 293 g/mol. The van der Waals surface area contributed by atoms with Crippen LogP contribution in [0.15, 0.2) is 18.2 Å². The standard InChI is InChI=1S/C19H22FNO2/c1-4-23-19(22)15-9-14-8-13-7-12(11(2)3)5-6-17(13)21-18(14)16(20)10-15/h8-12H,4-7H2,1-3H3. The zero-order valence-corrected chi connectivity index (χ0v) is 13.9. The number of aromatic nitrogens is 1. The Balaban J connectivity index is 2.05. The van der Waals surface area contributed by atoms with Crippen molar-refractivity contribution in [3.63, 3.8) is 0 Å². The molecule has 0 saturated heterocycles. The number of nitrogens with zero attached hydrogens (tertiary/aromatic N) is 1. The minimum absolute atomic E-state index is 0.245. The maximum atomic E-state index is 14.4. The number of halogens is 1. The number of rotatable bonds is 3. The average Bonchev–Trinajstić information content (AvgIpc) is 2.52. The summed E-state index contributed by atoms with van der Waals surface area (Å²) in [5.74, 6) is 0.312. The average molecular weight is 315 g/mol. The van der Waals surface area contributed by atoms with Gasteiger partial charge in [0.25, 0.3) is 0 Å². The Hall–Kier alpha value is -1.97. The van der Waals surface area contributed by atoms with Crippen molar-refractivity contribution in [3.8, 4) is 0 Å². The minimum Gasteiger partial charge on any atom is -0.462 e. The minimum atomic E-state index is -0.494. The summed E-state index contributed by atoms with van der Waals surface area (Å²) in [6.07, 6.45) is 2.97. The molecule has 1 aromatic heterocycles. The molecule has 0 N–H and O–H groups in total. The third-order valence-electron chi connectivity index (χ3n) is 4.73. The first-order valence-corrected chi connectivity index (χ1v) is 8.28. The van der Waals surface area contributed by atoms with Crippen LogP contribution in [0.2, 0.25) is 0 Å². The van der Waals surface area contributed by atoms with Gasteiger partial charge in [-0.25, -0.2) is 14.2 Å². The van der Waals surface area contributed by atoms with Crippen molar-refractivity contribution in [3.05, 3.63) is 40.8 Å². The summed E-state index contributed by atoms with van der Waals surface area (Å²) < 4.78 is 19.3. The normalized spacial score (nSPS) is 17.3. The molecule has 0 amide bonds. The van der Waals surface area contributed by atoms with E-state index < -0.39 is 11.8 Å². The van der Waals surface area contributed by atoms with Crippen molar-refractivity contribution in [2.75, 3.05) is 6.61 Å². The molecule has 1 unspecified atom stereocenters. The van der Waals surface area contributed by atoms with Gasteiger partial charge >= 0.3 is 5.97 Å². The lowest BCUT2D eigenvalue weighted by atomic mass is 9.80. The molecule has 1 aliphatic rings. The van der Waals surface area contributed by atoms with Gasteiger partial charge in [-0.2, -0.15) is 0 Å². The van der Waals surface area contributed by atoms with Gasteiger partial charge in [0.2, 0.25) is 0 Å². The SMILES string of the molecule is CCOC(=O)c1cc(F)c2nc3c(cc2c1)CC(C(C)C)CC3. The fraction of sp³-hybridized carbons (Fsp3) is 0.474. The number of fused-ring (bicyclic) bond motifs is 2. The molecule has 0 bridgehead atoms. The van der Waals surface area contributed by atoms with Crippen LogP contribution in [0.1, 0.15) is 48.8 Å². The molecule has 1 heterocycles. The van der Waals surface area contributed by atoms with Gasteiger partial charge in [-0.05, 0) is 61.8 Å². The zero-order valence-electron chi connectivity index (χ0n) is 13.9. The van der Waals surface area contributed by atoms with E-state index in [-0.39, 0.29) is 12.2 Å². The third-order valence-corrected chi connectivity index (χ3v) is 4.73. The summed E-state index contributed by atoms with van der Waals surface area (Å²) in [4.78, 5) is 16.4. The van der Waals surface area contributed by atoms with Gasteiger partial charge in [0.05, 0.1) is 12.2 Å². The second kappa shape index (κ2) is 6.26. The summed E-state index contributed by atoms with van der Waals surface area (Å²) in [6, 6.07) is 4.90. The van der Waals surface area contributed by atoms with Crippen LogP contribution in [0.5, 0.6) is 0 Å². The van der Waals surface area contributed by atoms with Crippen molar-refractivity contribution >= 4 is 16.9 Å². The number of carbonyl (C=O) groups excluding carboxylic acids is 1. The van der Waals surface area contributed by atoms with Gasteiger partial charge in [-0.1, -0.05) is 13.8 Å². The van der Waals surface area contributed by atoms with E-state index in [2.05, 4.69) is 18.8 Å². The molecule has 4 heteroatoms. The van der Waals surface area contributed by atoms with Crippen molar-refractivity contribution in [1.82, 2.24) is 4.98 Å². The summed E-state index contributed by atoms with van der Waals surface area (Å²) >= 11 is 0.